The van der Waals surface area contributed by atoms with E-state index in [2.05, 4.69) is 10.2 Å². The van der Waals surface area contributed by atoms with Crippen molar-refractivity contribution >= 4 is 34.8 Å². The van der Waals surface area contributed by atoms with Gasteiger partial charge in [-0.15, -0.1) is 11.3 Å². The Labute approximate surface area is 186 Å². The van der Waals surface area contributed by atoms with E-state index in [0.29, 0.717) is 24.4 Å². The number of benzene rings is 1. The number of methoxy groups -OCH3 is 1. The van der Waals surface area contributed by atoms with Crippen LogP contribution in [0.25, 0.3) is 0 Å². The number of nitrogens with one attached hydrogen (secondary N) is 1. The van der Waals surface area contributed by atoms with Gasteiger partial charge >= 0.3 is 0 Å². The van der Waals surface area contributed by atoms with Crippen molar-refractivity contribution in [1.29, 1.82) is 0 Å². The van der Waals surface area contributed by atoms with Gasteiger partial charge in [0.2, 0.25) is 5.91 Å². The first-order valence-corrected chi connectivity index (χ1v) is 11.3. The molecule has 0 saturated carbocycles. The molecule has 3 rings (SSSR count). The molecule has 0 unspecified atom stereocenters. The molecule has 2 amide bonds. The lowest BCUT2D eigenvalue weighted by molar-refractivity contribution is -0.136. The van der Waals surface area contributed by atoms with Crippen molar-refractivity contribution in [3.63, 3.8) is 0 Å². The third-order valence-electron chi connectivity index (χ3n) is 5.26. The van der Waals surface area contributed by atoms with Gasteiger partial charge < -0.3 is 15.0 Å². The van der Waals surface area contributed by atoms with Crippen molar-refractivity contribution < 1.29 is 14.3 Å². The number of rotatable bonds is 7. The Morgan fingerprint density at radius 2 is 1.83 bits per heavy atom. The Balaban J connectivity index is 1.60. The summed E-state index contributed by atoms with van der Waals surface area (Å²) >= 11 is 7.61. The van der Waals surface area contributed by atoms with Crippen LogP contribution in [0.1, 0.15) is 29.1 Å². The number of piperazine rings is 1. The smallest absolute Gasteiger partial charge is 0.255 e. The molecular weight excluding hydrogens is 422 g/mol. The molecule has 0 spiro atoms. The molecule has 1 aromatic carbocycles. The molecule has 6 nitrogen and oxygen atoms in total. The summed E-state index contributed by atoms with van der Waals surface area (Å²) in [5.41, 5.74) is 0.429. The van der Waals surface area contributed by atoms with Gasteiger partial charge in [-0.25, -0.2) is 0 Å². The minimum Gasteiger partial charge on any atom is -0.496 e. The normalized spacial score (nSPS) is 15.8. The number of nitrogens with zero attached hydrogens (tertiary/aromatic N) is 2. The Morgan fingerprint density at radius 3 is 2.43 bits per heavy atom. The van der Waals surface area contributed by atoms with Crippen molar-refractivity contribution in [3.8, 4) is 5.75 Å². The minimum atomic E-state index is -0.579. The van der Waals surface area contributed by atoms with Crippen LogP contribution in [0, 0.1) is 5.92 Å². The van der Waals surface area contributed by atoms with Crippen LogP contribution in [-0.4, -0.2) is 60.9 Å². The van der Waals surface area contributed by atoms with Gasteiger partial charge in [0.1, 0.15) is 11.8 Å². The lowest BCUT2D eigenvalue weighted by Gasteiger charge is -2.37. The maximum absolute atomic E-state index is 13.2. The number of amides is 2. The average Bonchev–Trinajstić information content (AvgIpc) is 3.16. The fraction of sp³-hybridized carbons (Fsp3) is 0.455. The van der Waals surface area contributed by atoms with Gasteiger partial charge in [0.15, 0.2) is 0 Å². The molecule has 1 N–H and O–H groups in total. The Kier molecular flexibility index (Phi) is 7.75. The van der Waals surface area contributed by atoms with E-state index in [1.807, 2.05) is 36.9 Å². The van der Waals surface area contributed by atoms with Gasteiger partial charge in [0, 0.05) is 37.6 Å². The molecule has 1 aliphatic rings. The first kappa shape index (κ1) is 22.6. The Bertz CT molecular complexity index is 878. The van der Waals surface area contributed by atoms with Crippen LogP contribution >= 0.6 is 22.9 Å². The molecule has 0 aliphatic carbocycles. The molecule has 2 heterocycles. The third kappa shape index (κ3) is 5.53. The van der Waals surface area contributed by atoms with Crippen LogP contribution in [-0.2, 0) is 11.3 Å². The molecule has 1 fully saturated rings. The van der Waals surface area contributed by atoms with Gasteiger partial charge in [0.25, 0.3) is 5.91 Å². The lowest BCUT2D eigenvalue weighted by Crippen LogP contribution is -2.56. The fourth-order valence-electron chi connectivity index (χ4n) is 3.54. The van der Waals surface area contributed by atoms with Gasteiger partial charge in [-0.3, -0.25) is 14.5 Å². The fourth-order valence-corrected chi connectivity index (χ4v) is 4.67. The Morgan fingerprint density at radius 1 is 1.13 bits per heavy atom. The molecule has 0 radical (unpaired) electrons. The molecule has 30 heavy (non-hydrogen) atoms. The topological polar surface area (TPSA) is 61.9 Å². The number of para-hydroxylation sites is 1. The highest BCUT2D eigenvalue weighted by molar-refractivity contribution is 7.16. The number of ether oxygens (including phenoxy) is 1. The summed E-state index contributed by atoms with van der Waals surface area (Å²) in [5, 5.41) is 2.92. The highest BCUT2D eigenvalue weighted by Crippen LogP contribution is 2.23. The second-order valence-corrected chi connectivity index (χ2v) is 9.50. The molecule has 1 saturated heterocycles. The Hall–Kier alpha value is -2.09. The van der Waals surface area contributed by atoms with Gasteiger partial charge in [-0.05, 0) is 30.2 Å². The number of carbonyl (C=O) groups excluding carboxylic acids is 2. The summed E-state index contributed by atoms with van der Waals surface area (Å²) in [7, 11) is 1.53. The van der Waals surface area contributed by atoms with Crippen LogP contribution in [0.5, 0.6) is 5.75 Å². The van der Waals surface area contributed by atoms with E-state index in [0.717, 1.165) is 24.0 Å². The second-order valence-electron chi connectivity index (χ2n) is 7.70. The van der Waals surface area contributed by atoms with Gasteiger partial charge in [0.05, 0.1) is 17.0 Å². The van der Waals surface area contributed by atoms with Crippen LogP contribution in [0.15, 0.2) is 36.4 Å². The van der Waals surface area contributed by atoms with Crippen LogP contribution < -0.4 is 10.1 Å². The number of halogens is 1. The van der Waals surface area contributed by atoms with E-state index < -0.39 is 6.04 Å². The monoisotopic (exact) mass is 449 g/mol. The lowest BCUT2D eigenvalue weighted by atomic mass is 10.0. The molecule has 0 bridgehead atoms. The molecule has 1 aromatic heterocycles. The molecule has 1 aliphatic heterocycles. The summed E-state index contributed by atoms with van der Waals surface area (Å²) in [6.07, 6.45) is 0. The molecule has 162 valence electrons. The maximum Gasteiger partial charge on any atom is 0.255 e. The van der Waals surface area contributed by atoms with E-state index in [4.69, 9.17) is 16.3 Å². The van der Waals surface area contributed by atoms with Crippen molar-refractivity contribution in [2.24, 2.45) is 5.92 Å². The predicted octanol–water partition coefficient (Wildman–Crippen LogP) is 3.51. The average molecular weight is 450 g/mol. The SMILES string of the molecule is COc1ccccc1C(=O)N[C@@H](C(=O)N1CCN(Cc2ccc(Cl)s2)CC1)C(C)C. The van der Waals surface area contributed by atoms with Crippen LogP contribution in [0.3, 0.4) is 0 Å². The van der Waals surface area contributed by atoms with Gasteiger partial charge in [-0.1, -0.05) is 37.6 Å². The number of carbonyl (C=O) groups is 2. The highest BCUT2D eigenvalue weighted by atomic mass is 35.5. The van der Waals surface area contributed by atoms with Crippen molar-refractivity contribution in [2.75, 3.05) is 33.3 Å². The highest BCUT2D eigenvalue weighted by Gasteiger charge is 2.31. The van der Waals surface area contributed by atoms with Crippen molar-refractivity contribution in [2.45, 2.75) is 26.4 Å². The summed E-state index contributed by atoms with van der Waals surface area (Å²) in [6.45, 7) is 7.62. The van der Waals surface area contributed by atoms with E-state index in [1.165, 1.54) is 12.0 Å². The predicted molar refractivity (Wildman–Crippen MR) is 120 cm³/mol. The quantitative estimate of drug-likeness (QED) is 0.702. The van der Waals surface area contributed by atoms with E-state index >= 15 is 0 Å². The molecule has 2 aromatic rings. The van der Waals surface area contributed by atoms with Gasteiger partial charge in [-0.2, -0.15) is 0 Å². The van der Waals surface area contributed by atoms with Crippen molar-refractivity contribution in [3.05, 3.63) is 51.2 Å². The number of hydrogen-bond acceptors (Lipinski definition) is 5. The van der Waals surface area contributed by atoms with Crippen LogP contribution in [0.2, 0.25) is 4.34 Å². The first-order chi connectivity index (χ1) is 14.4. The third-order valence-corrected chi connectivity index (χ3v) is 6.48. The summed E-state index contributed by atoms with van der Waals surface area (Å²) < 4.78 is 6.07. The zero-order chi connectivity index (χ0) is 21.7. The standard InChI is InChI=1S/C22H28ClN3O3S/c1-15(2)20(24-21(27)17-6-4-5-7-18(17)29-3)22(28)26-12-10-25(11-13-26)14-16-8-9-19(23)30-16/h4-9,15,20H,10-14H2,1-3H3,(H,24,27)/t20-/m1/s1. The molecule has 1 atom stereocenters. The summed E-state index contributed by atoms with van der Waals surface area (Å²) in [5.74, 6) is 0.134. The molecule has 8 heteroatoms. The maximum atomic E-state index is 13.2. The zero-order valence-electron chi connectivity index (χ0n) is 17.6. The first-order valence-electron chi connectivity index (χ1n) is 10.1. The van der Waals surface area contributed by atoms with E-state index in [-0.39, 0.29) is 17.7 Å². The summed E-state index contributed by atoms with van der Waals surface area (Å²) in [4.78, 5) is 31.4. The zero-order valence-corrected chi connectivity index (χ0v) is 19.1. The second kappa shape index (κ2) is 10.3. The number of thiophene rings is 1. The van der Waals surface area contributed by atoms with Crippen LogP contribution in [0.4, 0.5) is 0 Å². The number of hydrogen-bond donors (Lipinski definition) is 1. The minimum absolute atomic E-state index is 0.0255. The van der Waals surface area contributed by atoms with E-state index in [9.17, 15) is 9.59 Å². The van der Waals surface area contributed by atoms with Crippen molar-refractivity contribution in [1.82, 2.24) is 15.1 Å². The summed E-state index contributed by atoms with van der Waals surface area (Å²) in [6, 6.07) is 10.4. The largest absolute Gasteiger partial charge is 0.496 e. The van der Waals surface area contributed by atoms with E-state index in [1.54, 1.807) is 29.5 Å². The molecular formula is C22H28ClN3O3S.